The molecule has 20 heavy (non-hydrogen) atoms. The van der Waals surface area contributed by atoms with Crippen LogP contribution in [-0.4, -0.2) is 70.7 Å². The molecule has 0 saturated carbocycles. The maximum atomic E-state index is 11.9. The van der Waals surface area contributed by atoms with Gasteiger partial charge in [0.05, 0.1) is 25.6 Å². The third kappa shape index (κ3) is 5.78. The van der Waals surface area contributed by atoms with Crippen molar-refractivity contribution in [3.63, 3.8) is 0 Å². The highest BCUT2D eigenvalue weighted by Gasteiger charge is 2.14. The normalized spacial score (nSPS) is 11.8. The number of aromatic nitrogens is 2. The van der Waals surface area contributed by atoms with Gasteiger partial charge in [0.25, 0.3) is 0 Å². The van der Waals surface area contributed by atoms with E-state index in [1.54, 1.807) is 7.05 Å². The minimum atomic E-state index is -3.58. The molecule has 1 aromatic rings. The molecule has 0 aliphatic rings. The minimum absolute atomic E-state index is 0.0322. The molecule has 9 heteroatoms. The zero-order valence-corrected chi connectivity index (χ0v) is 12.8. The molecule has 0 bridgehead atoms. The summed E-state index contributed by atoms with van der Waals surface area (Å²) in [6.07, 6.45) is 2.52. The van der Waals surface area contributed by atoms with Gasteiger partial charge in [-0.3, -0.25) is 0 Å². The van der Waals surface area contributed by atoms with E-state index in [2.05, 4.69) is 20.0 Å². The van der Waals surface area contributed by atoms with Crippen LogP contribution in [0.2, 0.25) is 0 Å². The number of rotatable bonds is 9. The van der Waals surface area contributed by atoms with Gasteiger partial charge in [0.15, 0.2) is 0 Å². The fraction of sp³-hybridized carbons (Fsp3) is 0.636. The Morgan fingerprint density at radius 2 is 1.90 bits per heavy atom. The maximum absolute atomic E-state index is 11.9. The Morgan fingerprint density at radius 3 is 2.45 bits per heavy atom. The highest BCUT2D eigenvalue weighted by atomic mass is 32.2. The molecule has 0 spiro atoms. The van der Waals surface area contributed by atoms with Crippen molar-refractivity contribution in [2.24, 2.45) is 0 Å². The van der Waals surface area contributed by atoms with Crippen molar-refractivity contribution in [2.45, 2.75) is 4.90 Å². The Labute approximate surface area is 119 Å². The van der Waals surface area contributed by atoms with Gasteiger partial charge in [-0.15, -0.1) is 0 Å². The van der Waals surface area contributed by atoms with Crippen molar-refractivity contribution in [1.29, 1.82) is 0 Å². The van der Waals surface area contributed by atoms with Crippen LogP contribution in [0.25, 0.3) is 0 Å². The van der Waals surface area contributed by atoms with Crippen LogP contribution in [0.3, 0.4) is 0 Å². The molecule has 0 fully saturated rings. The molecule has 8 nitrogen and oxygen atoms in total. The summed E-state index contributed by atoms with van der Waals surface area (Å²) in [5.74, 6) is 0.371. The number of nitrogens with zero attached hydrogens (tertiary/aromatic N) is 3. The van der Waals surface area contributed by atoms with Crippen molar-refractivity contribution in [1.82, 2.24) is 19.6 Å². The molecule has 0 unspecified atom stereocenters. The molecule has 0 amide bonds. The third-order valence-electron chi connectivity index (χ3n) is 2.38. The number of sulfonamides is 1. The van der Waals surface area contributed by atoms with E-state index >= 15 is 0 Å². The first-order chi connectivity index (χ1) is 9.45. The van der Waals surface area contributed by atoms with Crippen LogP contribution < -0.4 is 10.0 Å². The van der Waals surface area contributed by atoms with Crippen molar-refractivity contribution < 1.29 is 13.2 Å². The minimum Gasteiger partial charge on any atom is -0.379 e. The molecule has 0 aliphatic heterocycles. The maximum Gasteiger partial charge on any atom is 0.243 e. The molecule has 1 rings (SSSR count). The topological polar surface area (TPSA) is 96.5 Å². The fourth-order valence-electron chi connectivity index (χ4n) is 1.26. The summed E-state index contributed by atoms with van der Waals surface area (Å²) in [6, 6.07) is 0. The standard InChI is InChI=1S/C11H21N5O3S/c1-12-11-13-8-10(9-14-11)20(17,18)15-4-6-19-7-5-16(2)3/h8-9,15H,4-7H2,1-3H3,(H,12,13,14). The average molecular weight is 303 g/mol. The molecule has 0 saturated heterocycles. The molecular formula is C11H21N5O3S. The van der Waals surface area contributed by atoms with E-state index in [-0.39, 0.29) is 11.4 Å². The van der Waals surface area contributed by atoms with Crippen LogP contribution >= 0.6 is 0 Å². The van der Waals surface area contributed by atoms with Crippen LogP contribution in [-0.2, 0) is 14.8 Å². The van der Waals surface area contributed by atoms with Crippen molar-refractivity contribution >= 4 is 16.0 Å². The zero-order valence-electron chi connectivity index (χ0n) is 12.0. The molecule has 2 N–H and O–H groups in total. The molecule has 1 heterocycles. The molecule has 114 valence electrons. The molecule has 0 atom stereocenters. The van der Waals surface area contributed by atoms with Crippen molar-refractivity contribution in [2.75, 3.05) is 52.8 Å². The summed E-state index contributed by atoms with van der Waals surface area (Å²) >= 11 is 0. The number of hydrogen-bond acceptors (Lipinski definition) is 7. The van der Waals surface area contributed by atoms with Gasteiger partial charge in [-0.05, 0) is 14.1 Å². The number of nitrogens with one attached hydrogen (secondary N) is 2. The Balaban J connectivity index is 2.37. The Morgan fingerprint density at radius 1 is 1.25 bits per heavy atom. The smallest absolute Gasteiger partial charge is 0.243 e. The lowest BCUT2D eigenvalue weighted by Crippen LogP contribution is -2.28. The summed E-state index contributed by atoms with van der Waals surface area (Å²) in [6.45, 7) is 1.90. The predicted octanol–water partition coefficient (Wildman–Crippen LogP) is -0.625. The van der Waals surface area contributed by atoms with Crippen LogP contribution in [0, 0.1) is 0 Å². The van der Waals surface area contributed by atoms with Crippen molar-refractivity contribution in [3.8, 4) is 0 Å². The van der Waals surface area contributed by atoms with E-state index in [9.17, 15) is 8.42 Å². The first-order valence-electron chi connectivity index (χ1n) is 6.17. The van der Waals surface area contributed by atoms with Gasteiger partial charge in [-0.1, -0.05) is 0 Å². The van der Waals surface area contributed by atoms with E-state index < -0.39 is 10.0 Å². The predicted molar refractivity (Wildman–Crippen MR) is 76.1 cm³/mol. The second-order valence-electron chi connectivity index (χ2n) is 4.31. The lowest BCUT2D eigenvalue weighted by atomic mass is 10.6. The molecule has 1 aromatic heterocycles. The second kappa shape index (κ2) is 8.10. The van der Waals surface area contributed by atoms with E-state index in [0.717, 1.165) is 6.54 Å². The van der Waals surface area contributed by atoms with Crippen LogP contribution in [0.15, 0.2) is 17.3 Å². The lowest BCUT2D eigenvalue weighted by molar-refractivity contribution is 0.122. The number of likely N-dealkylation sites (N-methyl/N-ethyl adjacent to an activating group) is 1. The number of hydrogen-bond donors (Lipinski definition) is 2. The summed E-state index contributed by atoms with van der Waals surface area (Å²) < 4.78 is 31.5. The van der Waals surface area contributed by atoms with Gasteiger partial charge >= 0.3 is 0 Å². The second-order valence-corrected chi connectivity index (χ2v) is 6.07. The Hall–Kier alpha value is -1.29. The molecule has 0 aromatic carbocycles. The quantitative estimate of drug-likeness (QED) is 0.587. The van der Waals surface area contributed by atoms with E-state index in [4.69, 9.17) is 4.74 Å². The average Bonchev–Trinajstić information content (AvgIpc) is 2.42. The summed E-state index contributed by atoms with van der Waals surface area (Å²) in [5, 5.41) is 2.72. The SMILES string of the molecule is CNc1ncc(S(=O)(=O)NCCOCCN(C)C)cn1. The first kappa shape index (κ1) is 16.8. The summed E-state index contributed by atoms with van der Waals surface area (Å²) in [5.41, 5.74) is 0. The van der Waals surface area contributed by atoms with Crippen molar-refractivity contribution in [3.05, 3.63) is 12.4 Å². The zero-order chi connectivity index (χ0) is 15.0. The van der Waals surface area contributed by atoms with Gasteiger partial charge in [-0.25, -0.2) is 23.1 Å². The van der Waals surface area contributed by atoms with Crippen LogP contribution in [0.5, 0.6) is 0 Å². The highest BCUT2D eigenvalue weighted by Crippen LogP contribution is 2.06. The van der Waals surface area contributed by atoms with E-state index in [1.807, 2.05) is 19.0 Å². The third-order valence-corrected chi connectivity index (χ3v) is 3.80. The first-order valence-corrected chi connectivity index (χ1v) is 7.66. The van der Waals surface area contributed by atoms with Gasteiger partial charge in [0.1, 0.15) is 4.90 Å². The van der Waals surface area contributed by atoms with Gasteiger partial charge in [0.2, 0.25) is 16.0 Å². The Kier molecular flexibility index (Phi) is 6.79. The molecule has 0 radical (unpaired) electrons. The number of ether oxygens (including phenoxy) is 1. The monoisotopic (exact) mass is 303 g/mol. The Bertz CT molecular complexity index is 489. The van der Waals surface area contributed by atoms with E-state index in [0.29, 0.717) is 19.2 Å². The molecule has 0 aliphatic carbocycles. The summed E-state index contributed by atoms with van der Waals surface area (Å²) in [4.78, 5) is 9.75. The van der Waals surface area contributed by atoms with E-state index in [1.165, 1.54) is 12.4 Å². The van der Waals surface area contributed by atoms with Gasteiger partial charge < -0.3 is 15.0 Å². The lowest BCUT2D eigenvalue weighted by Gasteiger charge is -2.10. The fourth-order valence-corrected chi connectivity index (χ4v) is 2.17. The van der Waals surface area contributed by atoms with Crippen LogP contribution in [0.4, 0.5) is 5.95 Å². The largest absolute Gasteiger partial charge is 0.379 e. The highest BCUT2D eigenvalue weighted by molar-refractivity contribution is 7.89. The summed E-state index contributed by atoms with van der Waals surface area (Å²) in [7, 11) is 1.97. The molecular weight excluding hydrogens is 282 g/mol. The number of anilines is 1. The van der Waals surface area contributed by atoms with Gasteiger partial charge in [-0.2, -0.15) is 0 Å². The van der Waals surface area contributed by atoms with Gasteiger partial charge in [0, 0.05) is 20.1 Å². The van der Waals surface area contributed by atoms with Crippen LogP contribution in [0.1, 0.15) is 0 Å².